The summed E-state index contributed by atoms with van der Waals surface area (Å²) in [5.41, 5.74) is 5.42. The molecule has 0 aliphatic heterocycles. The lowest BCUT2D eigenvalue weighted by Crippen LogP contribution is -2.48. The summed E-state index contributed by atoms with van der Waals surface area (Å²) in [6, 6.07) is 0.111. The number of hydrogen-bond acceptors (Lipinski definition) is 7. The van der Waals surface area contributed by atoms with E-state index < -0.39 is 0 Å². The van der Waals surface area contributed by atoms with E-state index >= 15 is 0 Å². The molecule has 9 nitrogen and oxygen atoms in total. The van der Waals surface area contributed by atoms with E-state index in [1.165, 1.54) is 6.92 Å². The lowest BCUT2D eigenvalue weighted by molar-refractivity contribution is -0.120. The third-order valence-corrected chi connectivity index (χ3v) is 2.59. The lowest BCUT2D eigenvalue weighted by atomic mass is 9.89. The molecule has 4 N–H and O–H groups in total. The fraction of sp³-hybridized carbons (Fsp3) is 0.556. The monoisotopic (exact) mass is 255 g/mol. The molecule has 1 aliphatic rings. The van der Waals surface area contributed by atoms with Crippen LogP contribution < -0.4 is 15.8 Å². The average Bonchev–Trinajstić information content (AvgIpc) is 2.72. The summed E-state index contributed by atoms with van der Waals surface area (Å²) < 4.78 is 9.93. The van der Waals surface area contributed by atoms with Crippen molar-refractivity contribution in [1.82, 2.24) is 15.6 Å². The first kappa shape index (κ1) is 12.1. The van der Waals surface area contributed by atoms with Crippen LogP contribution in [-0.2, 0) is 4.79 Å². The first-order valence-corrected chi connectivity index (χ1v) is 5.34. The van der Waals surface area contributed by atoms with Gasteiger partial charge in [-0.05, 0) is 10.3 Å². The van der Waals surface area contributed by atoms with E-state index in [1.807, 2.05) is 0 Å². The molecule has 18 heavy (non-hydrogen) atoms. The van der Waals surface area contributed by atoms with Gasteiger partial charge in [-0.15, -0.1) is 0 Å². The van der Waals surface area contributed by atoms with Gasteiger partial charge in [0.1, 0.15) is 6.10 Å². The number of nitrogens with two attached hydrogens (primary N) is 1. The molecular formula is C9H13N5O4. The standard InChI is InChI=1S/C9H13N5O4/c1-4(15)11-5-2-6(3-5)17-9-7(8(10)12-16)13-18-14-9/h5-6,16H,2-3H2,1H3,(H2,10,12)(H,11,15)/t5-,6+. The van der Waals surface area contributed by atoms with Gasteiger partial charge in [0.2, 0.25) is 11.6 Å². The maximum atomic E-state index is 10.8. The number of amidine groups is 1. The minimum Gasteiger partial charge on any atom is -0.470 e. The number of nitrogens with one attached hydrogen (secondary N) is 1. The largest absolute Gasteiger partial charge is 0.470 e. The molecule has 1 aliphatic carbocycles. The Morgan fingerprint density at radius 3 is 2.94 bits per heavy atom. The molecule has 2 rings (SSSR count). The Hall–Kier alpha value is -2.32. The fourth-order valence-corrected chi connectivity index (χ4v) is 1.69. The lowest BCUT2D eigenvalue weighted by Gasteiger charge is -2.34. The van der Waals surface area contributed by atoms with Crippen molar-refractivity contribution in [3.63, 3.8) is 0 Å². The smallest absolute Gasteiger partial charge is 0.287 e. The molecule has 0 saturated heterocycles. The van der Waals surface area contributed by atoms with Gasteiger partial charge in [-0.2, -0.15) is 0 Å². The highest BCUT2D eigenvalue weighted by atomic mass is 16.6. The van der Waals surface area contributed by atoms with E-state index in [4.69, 9.17) is 15.7 Å². The highest BCUT2D eigenvalue weighted by molar-refractivity contribution is 5.96. The third kappa shape index (κ3) is 2.50. The molecule has 0 aromatic carbocycles. The molecule has 0 unspecified atom stereocenters. The molecule has 9 heteroatoms. The summed E-state index contributed by atoms with van der Waals surface area (Å²) in [6.45, 7) is 1.46. The van der Waals surface area contributed by atoms with Gasteiger partial charge < -0.3 is 21.0 Å². The molecular weight excluding hydrogens is 242 g/mol. The van der Waals surface area contributed by atoms with Gasteiger partial charge in [0.25, 0.3) is 5.88 Å². The van der Waals surface area contributed by atoms with Gasteiger partial charge >= 0.3 is 0 Å². The molecule has 1 fully saturated rings. The second-order valence-corrected chi connectivity index (χ2v) is 4.01. The molecule has 0 atom stereocenters. The summed E-state index contributed by atoms with van der Waals surface area (Å²) in [7, 11) is 0. The first-order valence-electron chi connectivity index (χ1n) is 5.34. The van der Waals surface area contributed by atoms with E-state index in [2.05, 4.69) is 25.4 Å². The van der Waals surface area contributed by atoms with Crippen LogP contribution in [0.25, 0.3) is 0 Å². The summed E-state index contributed by atoms with van der Waals surface area (Å²) in [5, 5.41) is 21.1. The van der Waals surface area contributed by atoms with E-state index in [9.17, 15) is 4.79 Å². The van der Waals surface area contributed by atoms with E-state index in [0.717, 1.165) is 0 Å². The van der Waals surface area contributed by atoms with E-state index in [-0.39, 0.29) is 35.5 Å². The van der Waals surface area contributed by atoms with Crippen molar-refractivity contribution in [2.75, 3.05) is 0 Å². The molecule has 1 aromatic rings. The highest BCUT2D eigenvalue weighted by Gasteiger charge is 2.33. The number of rotatable bonds is 4. The van der Waals surface area contributed by atoms with Gasteiger partial charge in [-0.25, -0.2) is 4.63 Å². The summed E-state index contributed by atoms with van der Waals surface area (Å²) in [6.07, 6.45) is 1.24. The van der Waals surface area contributed by atoms with Gasteiger partial charge in [0.05, 0.1) is 0 Å². The third-order valence-electron chi connectivity index (χ3n) is 2.59. The normalized spacial score (nSPS) is 23.3. The van der Waals surface area contributed by atoms with Crippen molar-refractivity contribution < 1.29 is 19.4 Å². The van der Waals surface area contributed by atoms with Gasteiger partial charge in [-0.1, -0.05) is 5.16 Å². The van der Waals surface area contributed by atoms with Crippen LogP contribution in [0, 0.1) is 0 Å². The molecule has 1 saturated carbocycles. The molecule has 0 spiro atoms. The van der Waals surface area contributed by atoms with E-state index in [1.54, 1.807) is 0 Å². The number of ether oxygens (including phenoxy) is 1. The zero-order valence-corrected chi connectivity index (χ0v) is 9.66. The molecule has 98 valence electrons. The predicted molar refractivity (Wildman–Crippen MR) is 58.1 cm³/mol. The van der Waals surface area contributed by atoms with Crippen LogP contribution >= 0.6 is 0 Å². The van der Waals surface area contributed by atoms with Crippen molar-refractivity contribution in [1.29, 1.82) is 0 Å². The van der Waals surface area contributed by atoms with Crippen LogP contribution in [0.4, 0.5) is 0 Å². The zero-order valence-electron chi connectivity index (χ0n) is 9.66. The molecule has 1 aromatic heterocycles. The minimum atomic E-state index is -0.232. The predicted octanol–water partition coefficient (Wildman–Crippen LogP) is -0.790. The number of carbonyl (C=O) groups excluding carboxylic acids is 1. The Bertz CT molecular complexity index is 465. The van der Waals surface area contributed by atoms with Crippen molar-refractivity contribution in [3.05, 3.63) is 5.69 Å². The highest BCUT2D eigenvalue weighted by Crippen LogP contribution is 2.26. The zero-order chi connectivity index (χ0) is 13.1. The van der Waals surface area contributed by atoms with Crippen LogP contribution in [0.3, 0.4) is 0 Å². The molecule has 0 radical (unpaired) electrons. The summed E-state index contributed by atoms with van der Waals surface area (Å²) in [4.78, 5) is 10.8. The number of carbonyl (C=O) groups is 1. The fourth-order valence-electron chi connectivity index (χ4n) is 1.69. The molecule has 1 heterocycles. The van der Waals surface area contributed by atoms with Crippen LogP contribution in [0.1, 0.15) is 25.5 Å². The summed E-state index contributed by atoms with van der Waals surface area (Å²) >= 11 is 0. The Balaban J connectivity index is 1.89. The quantitative estimate of drug-likeness (QED) is 0.277. The van der Waals surface area contributed by atoms with Crippen LogP contribution in [0.2, 0.25) is 0 Å². The topological polar surface area (TPSA) is 136 Å². The Labute approximate surface area is 102 Å². The van der Waals surface area contributed by atoms with Crippen LogP contribution in [-0.4, -0.2) is 39.4 Å². The van der Waals surface area contributed by atoms with Gasteiger partial charge in [0, 0.05) is 25.8 Å². The second kappa shape index (κ2) is 4.90. The van der Waals surface area contributed by atoms with Crippen LogP contribution in [0.15, 0.2) is 9.78 Å². The molecule has 1 amide bonds. The number of amides is 1. The SMILES string of the molecule is CC(=O)N[C@H]1C[C@@H](Oc2nonc2/C(N)=N/O)C1. The number of oxime groups is 1. The van der Waals surface area contributed by atoms with Crippen LogP contribution in [0.5, 0.6) is 5.88 Å². The summed E-state index contributed by atoms with van der Waals surface area (Å²) in [5.74, 6) is -0.223. The number of hydrogen-bond donors (Lipinski definition) is 3. The Kier molecular flexibility index (Phi) is 3.31. The number of aromatic nitrogens is 2. The van der Waals surface area contributed by atoms with Gasteiger partial charge in [0.15, 0.2) is 5.84 Å². The molecule has 0 bridgehead atoms. The van der Waals surface area contributed by atoms with Crippen molar-refractivity contribution in [2.45, 2.75) is 31.9 Å². The number of nitrogens with zero attached hydrogens (tertiary/aromatic N) is 3. The van der Waals surface area contributed by atoms with E-state index in [0.29, 0.717) is 12.8 Å². The van der Waals surface area contributed by atoms with Crippen molar-refractivity contribution in [3.8, 4) is 5.88 Å². The Morgan fingerprint density at radius 2 is 2.33 bits per heavy atom. The Morgan fingerprint density at radius 1 is 1.61 bits per heavy atom. The average molecular weight is 255 g/mol. The van der Waals surface area contributed by atoms with Gasteiger partial charge in [-0.3, -0.25) is 4.79 Å². The minimum absolute atomic E-state index is 0.0560. The maximum absolute atomic E-state index is 10.8. The second-order valence-electron chi connectivity index (χ2n) is 4.01. The van der Waals surface area contributed by atoms with Crippen molar-refractivity contribution >= 4 is 11.7 Å². The van der Waals surface area contributed by atoms with Crippen molar-refractivity contribution in [2.24, 2.45) is 10.9 Å². The maximum Gasteiger partial charge on any atom is 0.287 e. The first-order chi connectivity index (χ1) is 8.60.